The number of thiophene rings is 1. The molecule has 2 aromatic rings. The monoisotopic (exact) mass is 362 g/mol. The molecule has 1 aliphatic heterocycles. The SMILES string of the molecule is CC(C)(C)OC(=O)C1CNCCN1c1cccc2sc(C(=O)O)cc12. The number of anilines is 1. The zero-order valence-electron chi connectivity index (χ0n) is 14.5. The van der Waals surface area contributed by atoms with Gasteiger partial charge in [0, 0.05) is 35.4 Å². The molecule has 25 heavy (non-hydrogen) atoms. The van der Waals surface area contributed by atoms with E-state index >= 15 is 0 Å². The maximum atomic E-state index is 12.7. The van der Waals surface area contributed by atoms with Crippen molar-refractivity contribution in [2.45, 2.75) is 32.4 Å². The summed E-state index contributed by atoms with van der Waals surface area (Å²) in [5.74, 6) is -1.21. The fourth-order valence-corrected chi connectivity index (χ4v) is 3.90. The van der Waals surface area contributed by atoms with Crippen LogP contribution in [0.15, 0.2) is 24.3 Å². The lowest BCUT2D eigenvalue weighted by Gasteiger charge is -2.38. The van der Waals surface area contributed by atoms with Gasteiger partial charge in [0.1, 0.15) is 16.5 Å². The molecule has 0 radical (unpaired) electrons. The average molecular weight is 362 g/mol. The van der Waals surface area contributed by atoms with Crippen molar-refractivity contribution in [3.63, 3.8) is 0 Å². The number of carbonyl (C=O) groups excluding carboxylic acids is 1. The lowest BCUT2D eigenvalue weighted by atomic mass is 10.1. The number of esters is 1. The van der Waals surface area contributed by atoms with Gasteiger partial charge in [-0.15, -0.1) is 11.3 Å². The number of carboxylic acid groups (broad SMARTS) is 1. The number of benzene rings is 1. The molecule has 1 aromatic heterocycles. The van der Waals surface area contributed by atoms with Crippen LogP contribution >= 0.6 is 11.3 Å². The molecule has 1 fully saturated rings. The second-order valence-corrected chi connectivity index (χ2v) is 8.14. The van der Waals surface area contributed by atoms with Crippen LogP contribution in [0.3, 0.4) is 0 Å². The maximum absolute atomic E-state index is 12.7. The summed E-state index contributed by atoms with van der Waals surface area (Å²) < 4.78 is 6.47. The topological polar surface area (TPSA) is 78.9 Å². The average Bonchev–Trinajstić information content (AvgIpc) is 2.97. The van der Waals surface area contributed by atoms with E-state index in [9.17, 15) is 14.7 Å². The number of ether oxygens (including phenoxy) is 1. The van der Waals surface area contributed by atoms with Gasteiger partial charge in [0.05, 0.1) is 0 Å². The molecule has 0 aliphatic carbocycles. The zero-order valence-corrected chi connectivity index (χ0v) is 15.4. The van der Waals surface area contributed by atoms with Gasteiger partial charge in [0.15, 0.2) is 0 Å². The minimum absolute atomic E-state index is 0.273. The van der Waals surface area contributed by atoms with E-state index in [1.165, 1.54) is 11.3 Å². The third-order valence-electron chi connectivity index (χ3n) is 3.98. The van der Waals surface area contributed by atoms with E-state index < -0.39 is 17.6 Å². The third-order valence-corrected chi connectivity index (χ3v) is 5.07. The number of nitrogens with one attached hydrogen (secondary N) is 1. The molecular weight excluding hydrogens is 340 g/mol. The third kappa shape index (κ3) is 3.77. The van der Waals surface area contributed by atoms with Crippen molar-refractivity contribution in [2.75, 3.05) is 24.5 Å². The van der Waals surface area contributed by atoms with Crippen LogP contribution in [-0.4, -0.2) is 48.3 Å². The second kappa shape index (κ2) is 6.65. The zero-order chi connectivity index (χ0) is 18.2. The van der Waals surface area contributed by atoms with Crippen LogP contribution in [0.5, 0.6) is 0 Å². The predicted molar refractivity (Wildman–Crippen MR) is 98.6 cm³/mol. The van der Waals surface area contributed by atoms with E-state index in [2.05, 4.69) is 5.32 Å². The number of rotatable bonds is 3. The molecule has 1 atom stereocenters. The van der Waals surface area contributed by atoms with E-state index in [0.29, 0.717) is 18.0 Å². The minimum Gasteiger partial charge on any atom is -0.477 e. The van der Waals surface area contributed by atoms with Gasteiger partial charge in [-0.1, -0.05) is 6.07 Å². The van der Waals surface area contributed by atoms with Gasteiger partial charge >= 0.3 is 11.9 Å². The Bertz CT molecular complexity index is 809. The molecule has 3 rings (SSSR count). The Labute approximate surface area is 150 Å². The number of nitrogens with zero attached hydrogens (tertiary/aromatic N) is 1. The number of fused-ring (bicyclic) bond motifs is 1. The lowest BCUT2D eigenvalue weighted by molar-refractivity contribution is -0.156. The predicted octanol–water partition coefficient (Wildman–Crippen LogP) is 2.72. The van der Waals surface area contributed by atoms with Gasteiger partial charge in [-0.05, 0) is 39.0 Å². The first-order valence-electron chi connectivity index (χ1n) is 8.22. The van der Waals surface area contributed by atoms with Crippen molar-refractivity contribution in [1.29, 1.82) is 0 Å². The fourth-order valence-electron chi connectivity index (χ4n) is 2.97. The smallest absolute Gasteiger partial charge is 0.345 e. The van der Waals surface area contributed by atoms with E-state index in [1.807, 2.05) is 43.9 Å². The van der Waals surface area contributed by atoms with Crippen LogP contribution in [0, 0.1) is 0 Å². The molecule has 1 unspecified atom stereocenters. The molecule has 2 N–H and O–H groups in total. The Balaban J connectivity index is 1.99. The van der Waals surface area contributed by atoms with Crippen LogP contribution in [0.25, 0.3) is 10.1 Å². The molecule has 2 heterocycles. The van der Waals surface area contributed by atoms with E-state index in [4.69, 9.17) is 4.74 Å². The molecule has 0 saturated carbocycles. The molecule has 7 heteroatoms. The molecule has 1 aliphatic rings. The number of carboxylic acids is 1. The summed E-state index contributed by atoms with van der Waals surface area (Å²) in [5, 5.41) is 13.4. The van der Waals surface area contributed by atoms with Gasteiger partial charge in [0.25, 0.3) is 0 Å². The molecule has 1 saturated heterocycles. The highest BCUT2D eigenvalue weighted by Gasteiger charge is 2.33. The van der Waals surface area contributed by atoms with Gasteiger partial charge in [0.2, 0.25) is 0 Å². The molecule has 0 amide bonds. The first kappa shape index (κ1) is 17.7. The van der Waals surface area contributed by atoms with Crippen molar-refractivity contribution in [1.82, 2.24) is 5.32 Å². The van der Waals surface area contributed by atoms with Gasteiger partial charge in [-0.3, -0.25) is 0 Å². The summed E-state index contributed by atoms with van der Waals surface area (Å²) in [6.07, 6.45) is 0. The Kier molecular flexibility index (Phi) is 4.71. The summed E-state index contributed by atoms with van der Waals surface area (Å²) in [6.45, 7) is 7.47. The van der Waals surface area contributed by atoms with Crippen molar-refractivity contribution in [2.24, 2.45) is 0 Å². The van der Waals surface area contributed by atoms with E-state index in [-0.39, 0.29) is 5.97 Å². The van der Waals surface area contributed by atoms with Crippen LogP contribution in [-0.2, 0) is 9.53 Å². The standard InChI is InChI=1S/C18H22N2O4S/c1-18(2,3)24-17(23)13-10-19-7-8-20(13)12-5-4-6-14-11(12)9-15(25-14)16(21)22/h4-6,9,13,19H,7-8,10H2,1-3H3,(H,21,22). The lowest BCUT2D eigenvalue weighted by Crippen LogP contribution is -2.56. The Morgan fingerprint density at radius 1 is 1.36 bits per heavy atom. The first-order chi connectivity index (χ1) is 11.8. The van der Waals surface area contributed by atoms with E-state index in [1.54, 1.807) is 6.07 Å². The fraction of sp³-hybridized carbons (Fsp3) is 0.444. The number of piperazine rings is 1. The maximum Gasteiger partial charge on any atom is 0.345 e. The Morgan fingerprint density at radius 3 is 2.80 bits per heavy atom. The van der Waals surface area contributed by atoms with Gasteiger partial charge < -0.3 is 20.1 Å². The number of aromatic carboxylic acids is 1. The highest BCUT2D eigenvalue weighted by molar-refractivity contribution is 7.20. The molecule has 1 aromatic carbocycles. The quantitative estimate of drug-likeness (QED) is 0.818. The number of hydrogen-bond acceptors (Lipinski definition) is 6. The van der Waals surface area contributed by atoms with Crippen LogP contribution < -0.4 is 10.2 Å². The normalized spacial score (nSPS) is 18.4. The first-order valence-corrected chi connectivity index (χ1v) is 9.04. The summed E-state index contributed by atoms with van der Waals surface area (Å²) >= 11 is 1.25. The summed E-state index contributed by atoms with van der Waals surface area (Å²) in [7, 11) is 0. The summed E-state index contributed by atoms with van der Waals surface area (Å²) in [6, 6.07) is 6.98. The van der Waals surface area contributed by atoms with Gasteiger partial charge in [-0.25, -0.2) is 9.59 Å². The molecule has 6 nitrogen and oxygen atoms in total. The van der Waals surface area contributed by atoms with Crippen LogP contribution in [0.2, 0.25) is 0 Å². The molecule has 0 spiro atoms. The highest BCUT2D eigenvalue weighted by atomic mass is 32.1. The van der Waals surface area contributed by atoms with E-state index in [0.717, 1.165) is 22.3 Å². The van der Waals surface area contributed by atoms with Crippen molar-refractivity contribution < 1.29 is 19.4 Å². The number of carbonyl (C=O) groups is 2. The summed E-state index contributed by atoms with van der Waals surface area (Å²) in [4.78, 5) is 26.3. The van der Waals surface area contributed by atoms with Crippen molar-refractivity contribution in [3.05, 3.63) is 29.1 Å². The number of hydrogen-bond donors (Lipinski definition) is 2. The van der Waals surface area contributed by atoms with Crippen molar-refractivity contribution in [3.8, 4) is 0 Å². The van der Waals surface area contributed by atoms with Crippen LogP contribution in [0.1, 0.15) is 30.4 Å². The Hall–Kier alpha value is -2.12. The highest BCUT2D eigenvalue weighted by Crippen LogP contribution is 2.35. The van der Waals surface area contributed by atoms with Gasteiger partial charge in [-0.2, -0.15) is 0 Å². The second-order valence-electron chi connectivity index (χ2n) is 7.05. The summed E-state index contributed by atoms with van der Waals surface area (Å²) in [5.41, 5.74) is 0.323. The molecule has 134 valence electrons. The molecular formula is C18H22N2O4S. The Morgan fingerprint density at radius 2 is 2.12 bits per heavy atom. The molecule has 0 bridgehead atoms. The minimum atomic E-state index is -0.934. The largest absolute Gasteiger partial charge is 0.477 e. The van der Waals surface area contributed by atoms with Crippen LogP contribution in [0.4, 0.5) is 5.69 Å². The van der Waals surface area contributed by atoms with Crippen molar-refractivity contribution >= 4 is 39.0 Å².